The summed E-state index contributed by atoms with van der Waals surface area (Å²) < 4.78 is 6.28. The van der Waals surface area contributed by atoms with E-state index in [1.54, 1.807) is 0 Å². The highest BCUT2D eigenvalue weighted by atomic mass is 28.3. The lowest BCUT2D eigenvalue weighted by Gasteiger charge is -2.34. The maximum absolute atomic E-state index is 10.5. The van der Waals surface area contributed by atoms with Gasteiger partial charge in [-0.05, 0) is 48.4 Å². The van der Waals surface area contributed by atoms with Crippen molar-refractivity contribution in [1.82, 2.24) is 0 Å². The second kappa shape index (κ2) is 6.00. The van der Waals surface area contributed by atoms with E-state index in [9.17, 15) is 5.11 Å². The Hall–Kier alpha value is -0.643. The van der Waals surface area contributed by atoms with Gasteiger partial charge in [0.1, 0.15) is 0 Å². The van der Waals surface area contributed by atoms with Crippen molar-refractivity contribution in [3.8, 4) is 0 Å². The summed E-state index contributed by atoms with van der Waals surface area (Å²) in [5.74, 6) is 0.449. The molecule has 2 atom stereocenters. The van der Waals surface area contributed by atoms with E-state index in [1.165, 1.54) is 5.56 Å². The van der Waals surface area contributed by atoms with E-state index >= 15 is 0 Å². The van der Waals surface area contributed by atoms with Gasteiger partial charge in [0, 0.05) is 0 Å². The highest BCUT2D eigenvalue weighted by Gasteiger charge is 2.36. The lowest BCUT2D eigenvalue weighted by atomic mass is 9.82. The number of hydrogen-bond donors (Lipinski definition) is 1. The Bertz CT molecular complexity index is 447. The first-order chi connectivity index (χ1) is 9.30. The number of rotatable bonds is 5. The maximum atomic E-state index is 10.5. The Morgan fingerprint density at radius 2 is 1.70 bits per heavy atom. The van der Waals surface area contributed by atoms with Crippen LogP contribution in [-0.4, -0.2) is 14.1 Å². The van der Waals surface area contributed by atoms with E-state index < -0.39 is 9.04 Å². The predicted octanol–water partition coefficient (Wildman–Crippen LogP) is 4.48. The number of aliphatic hydroxyl groups is 1. The molecule has 20 heavy (non-hydrogen) atoms. The molecule has 0 aliphatic heterocycles. The molecule has 0 amide bonds. The zero-order chi connectivity index (χ0) is 14.9. The third kappa shape index (κ3) is 3.71. The van der Waals surface area contributed by atoms with E-state index in [4.69, 9.17) is 4.43 Å². The molecule has 1 aliphatic carbocycles. The van der Waals surface area contributed by atoms with Crippen LogP contribution in [0.15, 0.2) is 24.3 Å². The molecule has 0 saturated heterocycles. The van der Waals surface area contributed by atoms with Gasteiger partial charge in [0.15, 0.2) is 0 Å². The van der Waals surface area contributed by atoms with Gasteiger partial charge in [-0.15, -0.1) is 0 Å². The Kier molecular flexibility index (Phi) is 4.72. The molecule has 0 heterocycles. The molecule has 2 rings (SSSR count). The van der Waals surface area contributed by atoms with Crippen molar-refractivity contribution in [2.75, 3.05) is 0 Å². The third-order valence-corrected chi connectivity index (χ3v) is 4.51. The standard InChI is InChI=1S/C17H27O2Si/c1-17(2,3)16(19-20(4)5)14-9-7-6-8-13(14)15(18)12-10-11-12/h6-9,12,15-16,18H,10-11H2,1-5H3/t15-,16?/m0/s1. The van der Waals surface area contributed by atoms with Crippen LogP contribution >= 0.6 is 0 Å². The van der Waals surface area contributed by atoms with E-state index in [0.29, 0.717) is 5.92 Å². The molecule has 1 unspecified atom stereocenters. The first kappa shape index (κ1) is 15.7. The summed E-state index contributed by atoms with van der Waals surface area (Å²) in [6.07, 6.45) is 2.01. The van der Waals surface area contributed by atoms with Gasteiger partial charge in [0.05, 0.1) is 12.2 Å². The fourth-order valence-corrected chi connectivity index (χ4v) is 3.58. The molecule has 3 heteroatoms. The van der Waals surface area contributed by atoms with Gasteiger partial charge in [-0.3, -0.25) is 0 Å². The lowest BCUT2D eigenvalue weighted by Crippen LogP contribution is -2.27. The second-order valence-corrected chi connectivity index (χ2v) is 9.24. The molecule has 111 valence electrons. The predicted molar refractivity (Wildman–Crippen MR) is 84.9 cm³/mol. The molecule has 1 aromatic carbocycles. The van der Waals surface area contributed by atoms with Crippen LogP contribution in [0.25, 0.3) is 0 Å². The zero-order valence-electron chi connectivity index (χ0n) is 13.3. The molecular formula is C17H27O2Si. The lowest BCUT2D eigenvalue weighted by molar-refractivity contribution is 0.0800. The molecule has 2 nitrogen and oxygen atoms in total. The van der Waals surface area contributed by atoms with Gasteiger partial charge >= 0.3 is 0 Å². The number of benzene rings is 1. The molecule has 1 radical (unpaired) electrons. The molecule has 1 aromatic rings. The van der Waals surface area contributed by atoms with Crippen molar-refractivity contribution in [3.63, 3.8) is 0 Å². The summed E-state index contributed by atoms with van der Waals surface area (Å²) in [4.78, 5) is 0. The quantitative estimate of drug-likeness (QED) is 0.810. The van der Waals surface area contributed by atoms with E-state index in [2.05, 4.69) is 52.1 Å². The summed E-state index contributed by atoms with van der Waals surface area (Å²) in [7, 11) is -0.791. The van der Waals surface area contributed by atoms with Crippen LogP contribution in [0.5, 0.6) is 0 Å². The summed E-state index contributed by atoms with van der Waals surface area (Å²) in [6.45, 7) is 11.0. The smallest absolute Gasteiger partial charge is 0.205 e. The van der Waals surface area contributed by atoms with Crippen LogP contribution in [0.4, 0.5) is 0 Å². The molecule has 0 spiro atoms. The molecule has 1 aliphatic rings. The largest absolute Gasteiger partial charge is 0.410 e. The molecular weight excluding hydrogens is 264 g/mol. The van der Waals surface area contributed by atoms with Crippen molar-refractivity contribution in [2.24, 2.45) is 11.3 Å². The monoisotopic (exact) mass is 291 g/mol. The molecule has 0 aromatic heterocycles. The summed E-state index contributed by atoms with van der Waals surface area (Å²) >= 11 is 0. The normalized spacial score (nSPS) is 19.1. The average molecular weight is 291 g/mol. The molecule has 1 fully saturated rings. The van der Waals surface area contributed by atoms with E-state index in [0.717, 1.165) is 18.4 Å². The van der Waals surface area contributed by atoms with Crippen LogP contribution < -0.4 is 0 Å². The maximum Gasteiger partial charge on any atom is 0.205 e. The fraction of sp³-hybridized carbons (Fsp3) is 0.647. The Morgan fingerprint density at radius 1 is 1.15 bits per heavy atom. The Morgan fingerprint density at radius 3 is 2.15 bits per heavy atom. The summed E-state index contributed by atoms with van der Waals surface area (Å²) in [5.41, 5.74) is 2.27. The van der Waals surface area contributed by atoms with Gasteiger partial charge in [0.25, 0.3) is 0 Å². The SMILES string of the molecule is C[Si](C)OC(c1ccccc1[C@@H](O)C1CC1)C(C)(C)C. The van der Waals surface area contributed by atoms with Crippen LogP contribution in [0, 0.1) is 11.3 Å². The fourth-order valence-electron chi connectivity index (χ4n) is 2.63. The van der Waals surface area contributed by atoms with E-state index in [-0.39, 0.29) is 17.6 Å². The minimum absolute atomic E-state index is 0.0291. The molecule has 1 saturated carbocycles. The van der Waals surface area contributed by atoms with Crippen LogP contribution in [-0.2, 0) is 4.43 Å². The Balaban J connectivity index is 2.37. The minimum Gasteiger partial charge on any atom is -0.410 e. The molecule has 1 N–H and O–H groups in total. The van der Waals surface area contributed by atoms with Crippen molar-refractivity contribution in [1.29, 1.82) is 0 Å². The van der Waals surface area contributed by atoms with Gasteiger partial charge < -0.3 is 9.53 Å². The van der Waals surface area contributed by atoms with Gasteiger partial charge in [-0.1, -0.05) is 45.0 Å². The van der Waals surface area contributed by atoms with Crippen LogP contribution in [0.2, 0.25) is 13.1 Å². The van der Waals surface area contributed by atoms with Crippen molar-refractivity contribution in [2.45, 2.75) is 58.9 Å². The van der Waals surface area contributed by atoms with Crippen molar-refractivity contribution >= 4 is 9.04 Å². The zero-order valence-corrected chi connectivity index (χ0v) is 14.3. The molecule has 0 bridgehead atoms. The van der Waals surface area contributed by atoms with Gasteiger partial charge in [0.2, 0.25) is 9.04 Å². The van der Waals surface area contributed by atoms with Crippen molar-refractivity contribution < 1.29 is 9.53 Å². The first-order valence-electron chi connectivity index (χ1n) is 7.54. The third-order valence-electron chi connectivity index (χ3n) is 3.81. The average Bonchev–Trinajstić information content (AvgIpc) is 3.18. The highest BCUT2D eigenvalue weighted by Crippen LogP contribution is 2.45. The van der Waals surface area contributed by atoms with Gasteiger partial charge in [-0.2, -0.15) is 0 Å². The van der Waals surface area contributed by atoms with E-state index in [1.807, 2.05) is 6.07 Å². The number of aliphatic hydroxyl groups excluding tert-OH is 1. The summed E-state index contributed by atoms with van der Waals surface area (Å²) in [5, 5.41) is 10.5. The second-order valence-electron chi connectivity index (χ2n) is 7.18. The number of hydrogen-bond acceptors (Lipinski definition) is 2. The van der Waals surface area contributed by atoms with Crippen LogP contribution in [0.3, 0.4) is 0 Å². The van der Waals surface area contributed by atoms with Crippen molar-refractivity contribution in [3.05, 3.63) is 35.4 Å². The first-order valence-corrected chi connectivity index (χ1v) is 9.95. The van der Waals surface area contributed by atoms with Gasteiger partial charge in [-0.25, -0.2) is 0 Å². The van der Waals surface area contributed by atoms with Crippen LogP contribution in [0.1, 0.15) is 56.9 Å². The minimum atomic E-state index is -0.791. The Labute approximate surface area is 124 Å². The highest BCUT2D eigenvalue weighted by molar-refractivity contribution is 6.48. The topological polar surface area (TPSA) is 29.5 Å². The summed E-state index contributed by atoms with van der Waals surface area (Å²) in [6, 6.07) is 8.27.